The summed E-state index contributed by atoms with van der Waals surface area (Å²) in [5.41, 5.74) is 5.35. The van der Waals surface area contributed by atoms with Crippen molar-refractivity contribution >= 4 is 52.5 Å². The molecule has 0 spiro atoms. The van der Waals surface area contributed by atoms with Gasteiger partial charge in [0.1, 0.15) is 0 Å². The Morgan fingerprint density at radius 1 is 0.927 bits per heavy atom. The molecule has 55 heavy (non-hydrogen) atoms. The van der Waals surface area contributed by atoms with E-state index in [2.05, 4.69) is 20.1 Å². The first-order valence-electron chi connectivity index (χ1n) is 18.9. The standard InChI is InChI=1S/C40H46Cl2N8O5/c1-24(51)19-48-16-10-31-29(20-48)43-34(46(31)2)36(52)45-28-9-5-8-27(33(28)41)25-6-4-7-26(18-25)50(42)37(53)35-44-30-21-49(17-11-32(30)47(35)3)23-39-12-14-40(22-39,15-13-39)38(54)55/h4-9,18,24,51H,10-17,19-23H2,1-3H3,(H,45,52)(H,54,55). The van der Waals surface area contributed by atoms with Crippen LogP contribution in [0.2, 0.25) is 5.02 Å². The molecule has 0 saturated heterocycles. The molecule has 2 aliphatic carbocycles. The van der Waals surface area contributed by atoms with Crippen LogP contribution in [-0.2, 0) is 44.8 Å². The summed E-state index contributed by atoms with van der Waals surface area (Å²) >= 11 is 13.7. The lowest BCUT2D eigenvalue weighted by Gasteiger charge is -2.35. The molecule has 2 bridgehead atoms. The van der Waals surface area contributed by atoms with Gasteiger partial charge in [0.15, 0.2) is 5.82 Å². The number of imidazole rings is 2. The van der Waals surface area contributed by atoms with E-state index >= 15 is 0 Å². The van der Waals surface area contributed by atoms with Gasteiger partial charge in [0, 0.05) is 94.9 Å². The van der Waals surface area contributed by atoms with Crippen LogP contribution in [0.1, 0.15) is 83.0 Å². The number of nitrogens with one attached hydrogen (secondary N) is 1. The first-order valence-corrected chi connectivity index (χ1v) is 19.6. The minimum absolute atomic E-state index is 0.0389. The topological polar surface area (TPSA) is 149 Å². The smallest absolute Gasteiger partial charge is 0.309 e. The van der Waals surface area contributed by atoms with Gasteiger partial charge in [-0.2, -0.15) is 0 Å². The normalized spacial score (nSPS) is 22.7. The number of carboxylic acids is 1. The van der Waals surface area contributed by atoms with E-state index in [4.69, 9.17) is 28.4 Å². The van der Waals surface area contributed by atoms with Gasteiger partial charge in [-0.05, 0) is 68.2 Å². The molecule has 15 heteroatoms. The molecule has 3 N–H and O–H groups in total. The molecular formula is C40H46Cl2N8O5. The predicted molar refractivity (Wildman–Crippen MR) is 209 cm³/mol. The van der Waals surface area contributed by atoms with Gasteiger partial charge in [0.2, 0.25) is 5.82 Å². The van der Waals surface area contributed by atoms with Crippen molar-refractivity contribution in [2.24, 2.45) is 24.9 Å². The van der Waals surface area contributed by atoms with Crippen LogP contribution >= 0.6 is 23.4 Å². The Kier molecular flexibility index (Phi) is 9.82. The fourth-order valence-electron chi connectivity index (χ4n) is 9.56. The third-order valence-corrected chi connectivity index (χ3v) is 13.1. The second kappa shape index (κ2) is 14.3. The third-order valence-electron chi connectivity index (χ3n) is 12.4. The number of aliphatic carboxylic acids is 1. The summed E-state index contributed by atoms with van der Waals surface area (Å²) in [6, 6.07) is 12.5. The maximum Gasteiger partial charge on any atom is 0.309 e. The summed E-state index contributed by atoms with van der Waals surface area (Å²) in [6.07, 6.45) is 5.15. The van der Waals surface area contributed by atoms with E-state index < -0.39 is 23.4 Å². The Morgan fingerprint density at radius 3 is 2.24 bits per heavy atom. The number of carbonyl (C=O) groups is 3. The van der Waals surface area contributed by atoms with Crippen LogP contribution in [-0.4, -0.2) is 89.2 Å². The van der Waals surface area contributed by atoms with Gasteiger partial charge in [-0.25, -0.2) is 14.4 Å². The van der Waals surface area contributed by atoms with Gasteiger partial charge < -0.3 is 24.7 Å². The Morgan fingerprint density at radius 2 is 1.56 bits per heavy atom. The van der Waals surface area contributed by atoms with Crippen molar-refractivity contribution in [2.45, 2.75) is 71.1 Å². The maximum absolute atomic E-state index is 13.9. The number of nitrogens with zero attached hydrogens (tertiary/aromatic N) is 7. The molecule has 4 aromatic rings. The number of rotatable bonds is 10. The SMILES string of the molecule is CC(O)CN1CCc2c(nc(C(=O)Nc3cccc(-c4cccc(N(Cl)C(=O)c5nc6c(n5C)CCN(CC57CCC(C(=O)O)(CC5)C7)C6)c4)c3Cl)n2C)C1. The number of hydrogen-bond donors (Lipinski definition) is 3. The fourth-order valence-corrected chi connectivity index (χ4v) is 10.0. The number of amides is 2. The van der Waals surface area contributed by atoms with Gasteiger partial charge in [-0.15, -0.1) is 0 Å². The Labute approximate surface area is 330 Å². The van der Waals surface area contributed by atoms with E-state index in [1.165, 1.54) is 0 Å². The minimum Gasteiger partial charge on any atom is -0.481 e. The molecule has 2 amide bonds. The molecule has 1 unspecified atom stereocenters. The highest BCUT2D eigenvalue weighted by Crippen LogP contribution is 2.62. The average Bonchev–Trinajstić information content (AvgIpc) is 3.91. The van der Waals surface area contributed by atoms with Crippen molar-refractivity contribution in [2.75, 3.05) is 35.9 Å². The lowest BCUT2D eigenvalue weighted by Crippen LogP contribution is -2.39. The number of fused-ring (bicyclic) bond motifs is 4. The fraction of sp³-hybridized carbons (Fsp3) is 0.475. The monoisotopic (exact) mass is 788 g/mol. The molecule has 13 nitrogen and oxygen atoms in total. The van der Waals surface area contributed by atoms with Crippen LogP contribution in [0.3, 0.4) is 0 Å². The van der Waals surface area contributed by atoms with Gasteiger partial charge in [0.25, 0.3) is 5.91 Å². The highest BCUT2D eigenvalue weighted by atomic mass is 35.5. The van der Waals surface area contributed by atoms with E-state index in [1.807, 2.05) is 35.4 Å². The molecular weight excluding hydrogens is 743 g/mol. The molecule has 1 atom stereocenters. The number of halogens is 2. The van der Waals surface area contributed by atoms with Gasteiger partial charge in [-0.3, -0.25) is 24.2 Å². The number of aliphatic hydroxyl groups is 1. The summed E-state index contributed by atoms with van der Waals surface area (Å²) in [5, 5.41) is 23.0. The van der Waals surface area contributed by atoms with E-state index in [0.29, 0.717) is 47.2 Å². The second-order valence-corrected chi connectivity index (χ2v) is 16.8. The summed E-state index contributed by atoms with van der Waals surface area (Å²) in [4.78, 5) is 53.4. The molecule has 8 rings (SSSR count). The minimum atomic E-state index is -0.653. The van der Waals surface area contributed by atoms with E-state index in [1.54, 1.807) is 37.3 Å². The number of anilines is 2. The number of carbonyl (C=O) groups excluding carboxylic acids is 2. The van der Waals surface area contributed by atoms with Crippen molar-refractivity contribution in [3.05, 3.63) is 81.9 Å². The molecule has 4 heterocycles. The number of benzene rings is 2. The number of hydrogen-bond acceptors (Lipinski definition) is 8. The highest BCUT2D eigenvalue weighted by Gasteiger charge is 2.58. The predicted octanol–water partition coefficient (Wildman–Crippen LogP) is 5.66. The summed E-state index contributed by atoms with van der Waals surface area (Å²) in [6.45, 7) is 5.91. The van der Waals surface area contributed by atoms with Crippen LogP contribution in [0.25, 0.3) is 11.1 Å². The Hall–Kier alpha value is -4.27. The summed E-state index contributed by atoms with van der Waals surface area (Å²) in [5.74, 6) is -0.979. The third kappa shape index (κ3) is 6.84. The van der Waals surface area contributed by atoms with E-state index in [9.17, 15) is 24.6 Å². The van der Waals surface area contributed by atoms with Crippen molar-refractivity contribution in [3.63, 3.8) is 0 Å². The number of β-amino-alcohol motifs (C(OH)–C–C–N with tert-alkyl or cyclic N) is 1. The summed E-state index contributed by atoms with van der Waals surface area (Å²) < 4.78 is 4.73. The zero-order valence-electron chi connectivity index (χ0n) is 31.3. The zero-order chi connectivity index (χ0) is 38.8. The first kappa shape index (κ1) is 37.6. The van der Waals surface area contributed by atoms with E-state index in [-0.39, 0.29) is 23.0 Å². The van der Waals surface area contributed by atoms with E-state index in [0.717, 1.165) is 91.8 Å². The largest absolute Gasteiger partial charge is 0.481 e. The molecule has 2 saturated carbocycles. The Balaban J connectivity index is 0.958. The molecule has 2 aliphatic heterocycles. The van der Waals surface area contributed by atoms with Gasteiger partial charge >= 0.3 is 11.9 Å². The molecule has 0 radical (unpaired) electrons. The second-order valence-electron chi connectivity index (χ2n) is 16.1. The lowest BCUT2D eigenvalue weighted by molar-refractivity contribution is -0.148. The quantitative estimate of drug-likeness (QED) is 0.173. The van der Waals surface area contributed by atoms with Crippen LogP contribution in [0.4, 0.5) is 11.4 Å². The average molecular weight is 790 g/mol. The maximum atomic E-state index is 13.9. The zero-order valence-corrected chi connectivity index (χ0v) is 32.8. The van der Waals surface area contributed by atoms with Crippen molar-refractivity contribution < 1.29 is 24.6 Å². The number of aliphatic hydroxyl groups excluding tert-OH is 1. The highest BCUT2D eigenvalue weighted by molar-refractivity contribution is 6.39. The van der Waals surface area contributed by atoms with Crippen molar-refractivity contribution in [1.29, 1.82) is 0 Å². The molecule has 290 valence electrons. The van der Waals surface area contributed by atoms with Crippen LogP contribution in [0.5, 0.6) is 0 Å². The summed E-state index contributed by atoms with van der Waals surface area (Å²) in [7, 11) is 3.68. The molecule has 2 fully saturated rings. The van der Waals surface area contributed by atoms with Gasteiger partial charge in [0.05, 0.1) is 39.3 Å². The lowest BCUT2D eigenvalue weighted by atomic mass is 9.81. The number of carboxylic acid groups (broad SMARTS) is 1. The Bertz CT molecular complexity index is 2190. The van der Waals surface area contributed by atoms with Crippen LogP contribution < -0.4 is 9.74 Å². The van der Waals surface area contributed by atoms with Crippen molar-refractivity contribution in [1.82, 2.24) is 28.9 Å². The first-order chi connectivity index (χ1) is 26.3. The number of aromatic nitrogens is 4. The molecule has 4 aliphatic rings. The van der Waals surface area contributed by atoms with Crippen molar-refractivity contribution in [3.8, 4) is 11.1 Å². The molecule has 2 aromatic heterocycles. The van der Waals surface area contributed by atoms with Gasteiger partial charge in [-0.1, -0.05) is 35.9 Å². The van der Waals surface area contributed by atoms with Crippen LogP contribution in [0.15, 0.2) is 42.5 Å². The molecule has 2 aromatic carbocycles. The van der Waals surface area contributed by atoms with Crippen LogP contribution in [0, 0.1) is 10.8 Å².